The molecule has 192 valence electrons. The van der Waals surface area contributed by atoms with Crippen molar-refractivity contribution in [2.45, 2.75) is 26.7 Å². The minimum Gasteiger partial charge on any atom is -0.481 e. The third kappa shape index (κ3) is 4.86. The Morgan fingerprint density at radius 1 is 1.16 bits per heavy atom. The van der Waals surface area contributed by atoms with Crippen molar-refractivity contribution in [3.05, 3.63) is 42.9 Å². The second-order valence-electron chi connectivity index (χ2n) is 9.50. The van der Waals surface area contributed by atoms with E-state index in [0.717, 1.165) is 32.6 Å². The number of aryl methyl sites for hydroxylation is 1. The third-order valence-corrected chi connectivity index (χ3v) is 7.93. The number of rotatable bonds is 6. The molecule has 5 rings (SSSR count). The highest BCUT2D eigenvalue weighted by Crippen LogP contribution is 2.39. The number of urea groups is 1. The first-order chi connectivity index (χ1) is 17.8. The van der Waals surface area contributed by atoms with Gasteiger partial charge in [-0.25, -0.2) is 19.7 Å². The SMILES string of the molecule is CCNC(=O)Nc1nc2cc(-c3cnc(N4CCC(C)(C(=O)O)CC4)nc3)cc(-c3cccn3C)c2s1. The van der Waals surface area contributed by atoms with Crippen LogP contribution in [0.25, 0.3) is 32.6 Å². The van der Waals surface area contributed by atoms with E-state index in [4.69, 9.17) is 0 Å². The molecule has 0 unspecified atom stereocenters. The quantitative estimate of drug-likeness (QED) is 0.340. The Kier molecular flexibility index (Phi) is 6.55. The molecule has 0 radical (unpaired) electrons. The molecule has 37 heavy (non-hydrogen) atoms. The number of aliphatic carboxylic acids is 1. The standard InChI is InChI=1S/C26H29N7O3S/c1-4-27-24(36)31-25-30-19-13-16(12-18(21(19)37-25)20-6-5-9-32(20)3)17-14-28-23(29-15-17)33-10-7-26(2,8-11-33)22(34)35/h5-6,9,12-15H,4,7-8,10-11H2,1-3H3,(H,34,35)(H2,27,30,31,36). The van der Waals surface area contributed by atoms with Crippen LogP contribution in [-0.4, -0.2) is 56.3 Å². The summed E-state index contributed by atoms with van der Waals surface area (Å²) in [6.45, 7) is 5.40. The molecule has 4 aromatic rings. The molecule has 2 amide bonds. The number of benzene rings is 1. The fourth-order valence-electron chi connectivity index (χ4n) is 4.53. The normalized spacial score (nSPS) is 15.1. The van der Waals surface area contributed by atoms with Gasteiger partial charge in [0.2, 0.25) is 5.95 Å². The van der Waals surface area contributed by atoms with Gasteiger partial charge in [0, 0.05) is 62.1 Å². The Bertz CT molecular complexity index is 1450. The highest BCUT2D eigenvalue weighted by atomic mass is 32.1. The summed E-state index contributed by atoms with van der Waals surface area (Å²) in [5.41, 5.74) is 3.89. The number of fused-ring (bicyclic) bond motifs is 1. The predicted octanol–water partition coefficient (Wildman–Crippen LogP) is 4.59. The van der Waals surface area contributed by atoms with E-state index in [-0.39, 0.29) is 6.03 Å². The smallest absolute Gasteiger partial charge is 0.321 e. The van der Waals surface area contributed by atoms with Gasteiger partial charge in [-0.15, -0.1) is 0 Å². The molecule has 10 nitrogen and oxygen atoms in total. The van der Waals surface area contributed by atoms with E-state index in [9.17, 15) is 14.7 Å². The average Bonchev–Trinajstić information content (AvgIpc) is 3.49. The summed E-state index contributed by atoms with van der Waals surface area (Å²) in [4.78, 5) is 39.5. The van der Waals surface area contributed by atoms with E-state index in [1.54, 1.807) is 19.3 Å². The monoisotopic (exact) mass is 519 g/mol. The van der Waals surface area contributed by atoms with Gasteiger partial charge in [0.25, 0.3) is 0 Å². The Labute approximate surface area is 218 Å². The van der Waals surface area contributed by atoms with Crippen LogP contribution in [0.5, 0.6) is 0 Å². The van der Waals surface area contributed by atoms with Crippen molar-refractivity contribution >= 4 is 44.6 Å². The number of aromatic nitrogens is 4. The second kappa shape index (κ2) is 9.81. The minimum atomic E-state index is -0.751. The van der Waals surface area contributed by atoms with Gasteiger partial charge < -0.3 is 19.9 Å². The van der Waals surface area contributed by atoms with E-state index in [1.807, 2.05) is 37.2 Å². The van der Waals surface area contributed by atoms with Crippen LogP contribution < -0.4 is 15.5 Å². The molecule has 1 aromatic carbocycles. The molecule has 0 saturated carbocycles. The number of carboxylic acid groups (broad SMARTS) is 1. The number of nitrogens with one attached hydrogen (secondary N) is 2. The number of hydrogen-bond acceptors (Lipinski definition) is 7. The maximum Gasteiger partial charge on any atom is 0.321 e. The number of thiazole rings is 1. The molecule has 1 saturated heterocycles. The molecule has 3 N–H and O–H groups in total. The number of nitrogens with zero attached hydrogens (tertiary/aromatic N) is 5. The highest BCUT2D eigenvalue weighted by Gasteiger charge is 2.37. The molecule has 0 bridgehead atoms. The van der Waals surface area contributed by atoms with Gasteiger partial charge in [-0.05, 0) is 56.5 Å². The van der Waals surface area contributed by atoms with Crippen LogP contribution in [0.15, 0.2) is 42.9 Å². The summed E-state index contributed by atoms with van der Waals surface area (Å²) in [5, 5.41) is 15.6. The highest BCUT2D eigenvalue weighted by molar-refractivity contribution is 7.22. The van der Waals surface area contributed by atoms with Gasteiger partial charge in [-0.3, -0.25) is 10.1 Å². The largest absolute Gasteiger partial charge is 0.481 e. The first-order valence-corrected chi connectivity index (χ1v) is 13.0. The molecule has 0 atom stereocenters. The van der Waals surface area contributed by atoms with Gasteiger partial charge in [0.15, 0.2) is 5.13 Å². The van der Waals surface area contributed by atoms with Crippen LogP contribution in [0, 0.1) is 5.41 Å². The number of piperidine rings is 1. The predicted molar refractivity (Wildman–Crippen MR) is 145 cm³/mol. The summed E-state index contributed by atoms with van der Waals surface area (Å²) in [7, 11) is 1.99. The molecular formula is C26H29N7O3S. The molecule has 3 aromatic heterocycles. The van der Waals surface area contributed by atoms with Crippen molar-refractivity contribution in [1.29, 1.82) is 0 Å². The Morgan fingerprint density at radius 3 is 2.51 bits per heavy atom. The summed E-state index contributed by atoms with van der Waals surface area (Å²) in [6, 6.07) is 7.85. The van der Waals surface area contributed by atoms with Crippen LogP contribution in [0.3, 0.4) is 0 Å². The molecule has 11 heteroatoms. The van der Waals surface area contributed by atoms with Gasteiger partial charge in [0.05, 0.1) is 15.6 Å². The van der Waals surface area contributed by atoms with Crippen molar-refractivity contribution < 1.29 is 14.7 Å². The summed E-state index contributed by atoms with van der Waals surface area (Å²) in [5.74, 6) is -0.152. The number of carboxylic acids is 1. The molecule has 0 spiro atoms. The lowest BCUT2D eigenvalue weighted by Crippen LogP contribution is -2.43. The number of amides is 2. The van der Waals surface area contributed by atoms with Crippen molar-refractivity contribution in [3.63, 3.8) is 0 Å². The molecule has 1 fully saturated rings. The second-order valence-corrected chi connectivity index (χ2v) is 10.5. The first kappa shape index (κ1) is 24.7. The minimum absolute atomic E-state index is 0.285. The molecule has 1 aliphatic heterocycles. The number of hydrogen-bond donors (Lipinski definition) is 3. The zero-order chi connectivity index (χ0) is 26.2. The Balaban J connectivity index is 1.47. The summed E-state index contributed by atoms with van der Waals surface area (Å²) in [6.07, 6.45) is 6.70. The van der Waals surface area contributed by atoms with Crippen LogP contribution in [0.4, 0.5) is 15.9 Å². The van der Waals surface area contributed by atoms with Crippen molar-refractivity contribution in [2.24, 2.45) is 12.5 Å². The van der Waals surface area contributed by atoms with E-state index in [1.165, 1.54) is 11.3 Å². The molecule has 0 aliphatic carbocycles. The number of carbonyl (C=O) groups excluding carboxylic acids is 1. The maximum atomic E-state index is 12.1. The van der Waals surface area contributed by atoms with Crippen LogP contribution in [0.1, 0.15) is 26.7 Å². The van der Waals surface area contributed by atoms with Crippen LogP contribution in [0.2, 0.25) is 0 Å². The Morgan fingerprint density at radius 2 is 1.89 bits per heavy atom. The molecule has 4 heterocycles. The van der Waals surface area contributed by atoms with Gasteiger partial charge >= 0.3 is 12.0 Å². The summed E-state index contributed by atoms with van der Waals surface area (Å²) >= 11 is 1.44. The third-order valence-electron chi connectivity index (χ3n) is 6.91. The maximum absolute atomic E-state index is 12.1. The van der Waals surface area contributed by atoms with Crippen molar-refractivity contribution in [2.75, 3.05) is 29.9 Å². The van der Waals surface area contributed by atoms with E-state index >= 15 is 0 Å². The van der Waals surface area contributed by atoms with Gasteiger partial charge in [-0.1, -0.05) is 11.3 Å². The first-order valence-electron chi connectivity index (χ1n) is 12.2. The molecule has 1 aliphatic rings. The zero-order valence-corrected chi connectivity index (χ0v) is 21.8. The number of anilines is 2. The summed E-state index contributed by atoms with van der Waals surface area (Å²) < 4.78 is 3.03. The van der Waals surface area contributed by atoms with Crippen molar-refractivity contribution in [3.8, 4) is 22.4 Å². The van der Waals surface area contributed by atoms with Crippen LogP contribution >= 0.6 is 11.3 Å². The van der Waals surface area contributed by atoms with Crippen molar-refractivity contribution in [1.82, 2.24) is 24.8 Å². The lowest BCUT2D eigenvalue weighted by Gasteiger charge is -2.36. The zero-order valence-electron chi connectivity index (χ0n) is 21.0. The van der Waals surface area contributed by atoms with E-state index in [2.05, 4.69) is 42.3 Å². The average molecular weight is 520 g/mol. The van der Waals surface area contributed by atoms with E-state index < -0.39 is 11.4 Å². The fourth-order valence-corrected chi connectivity index (χ4v) is 5.50. The Hall–Kier alpha value is -3.99. The van der Waals surface area contributed by atoms with E-state index in [0.29, 0.717) is 43.6 Å². The molecular weight excluding hydrogens is 490 g/mol. The topological polar surface area (TPSA) is 125 Å². The number of carbonyl (C=O) groups is 2. The lowest BCUT2D eigenvalue weighted by atomic mass is 9.80. The van der Waals surface area contributed by atoms with Gasteiger partial charge in [0.1, 0.15) is 0 Å². The lowest BCUT2D eigenvalue weighted by molar-refractivity contribution is -0.149. The fraction of sp³-hybridized carbons (Fsp3) is 0.346. The van der Waals surface area contributed by atoms with Gasteiger partial charge in [-0.2, -0.15) is 0 Å². The van der Waals surface area contributed by atoms with Crippen LogP contribution in [-0.2, 0) is 11.8 Å².